The molecule has 0 aliphatic carbocycles. The van der Waals surface area contributed by atoms with Crippen molar-refractivity contribution in [3.63, 3.8) is 0 Å². The maximum absolute atomic E-state index is 11.6. The van der Waals surface area contributed by atoms with Gasteiger partial charge in [0.05, 0.1) is 0 Å². The summed E-state index contributed by atoms with van der Waals surface area (Å²) in [6, 6.07) is 3.43. The van der Waals surface area contributed by atoms with E-state index in [9.17, 15) is 9.59 Å². The van der Waals surface area contributed by atoms with E-state index in [1.807, 2.05) is 26.8 Å². The molecule has 5 heteroatoms. The molecule has 0 saturated carbocycles. The number of amides is 1. The van der Waals surface area contributed by atoms with Crippen LogP contribution in [0.4, 0.5) is 0 Å². The SMILES string of the molecule is Cc1oc2c(C)c3oc(=O)cc(C)c3cc2c1CNC=O. The van der Waals surface area contributed by atoms with E-state index in [0.717, 1.165) is 33.2 Å². The molecule has 0 unspecified atom stereocenters. The van der Waals surface area contributed by atoms with E-state index in [1.165, 1.54) is 6.07 Å². The second-order valence-electron chi connectivity index (χ2n) is 5.14. The van der Waals surface area contributed by atoms with Gasteiger partial charge < -0.3 is 14.2 Å². The molecule has 0 bridgehead atoms. The summed E-state index contributed by atoms with van der Waals surface area (Å²) < 4.78 is 11.1. The van der Waals surface area contributed by atoms with E-state index in [0.29, 0.717) is 24.1 Å². The first-order valence-electron chi connectivity index (χ1n) is 6.66. The lowest BCUT2D eigenvalue weighted by molar-refractivity contribution is -0.109. The van der Waals surface area contributed by atoms with Crippen LogP contribution in [0.15, 0.2) is 25.8 Å². The summed E-state index contributed by atoms with van der Waals surface area (Å²) in [7, 11) is 0. The summed E-state index contributed by atoms with van der Waals surface area (Å²) in [5, 5.41) is 4.48. The quantitative estimate of drug-likeness (QED) is 0.593. The van der Waals surface area contributed by atoms with E-state index in [2.05, 4.69) is 5.32 Å². The normalized spacial score (nSPS) is 11.2. The van der Waals surface area contributed by atoms with Crippen LogP contribution >= 0.6 is 0 Å². The van der Waals surface area contributed by atoms with Gasteiger partial charge in [-0.05, 0) is 32.4 Å². The minimum Gasteiger partial charge on any atom is -0.461 e. The number of benzene rings is 1. The minimum absolute atomic E-state index is 0.367. The van der Waals surface area contributed by atoms with Crippen LogP contribution in [-0.2, 0) is 11.3 Å². The molecule has 1 amide bonds. The number of hydrogen-bond donors (Lipinski definition) is 1. The smallest absolute Gasteiger partial charge is 0.336 e. The zero-order valence-corrected chi connectivity index (χ0v) is 12.1. The fourth-order valence-electron chi connectivity index (χ4n) is 2.72. The van der Waals surface area contributed by atoms with Gasteiger partial charge in [0.2, 0.25) is 6.41 Å². The van der Waals surface area contributed by atoms with Crippen LogP contribution in [0.3, 0.4) is 0 Å². The Hall–Kier alpha value is -2.56. The molecule has 0 fully saturated rings. The second kappa shape index (κ2) is 4.77. The highest BCUT2D eigenvalue weighted by Crippen LogP contribution is 2.34. The fraction of sp³-hybridized carbons (Fsp3) is 0.250. The zero-order valence-electron chi connectivity index (χ0n) is 12.1. The topological polar surface area (TPSA) is 72.5 Å². The van der Waals surface area contributed by atoms with E-state index in [4.69, 9.17) is 8.83 Å². The Kier molecular flexibility index (Phi) is 3.05. The van der Waals surface area contributed by atoms with Crippen molar-refractivity contribution in [1.29, 1.82) is 0 Å². The van der Waals surface area contributed by atoms with Crippen molar-refractivity contribution in [3.8, 4) is 0 Å². The lowest BCUT2D eigenvalue weighted by Gasteiger charge is -2.05. The molecule has 5 nitrogen and oxygen atoms in total. The highest BCUT2D eigenvalue weighted by molar-refractivity contribution is 5.99. The number of carbonyl (C=O) groups excluding carboxylic acids is 1. The highest BCUT2D eigenvalue weighted by Gasteiger charge is 2.17. The molecule has 3 rings (SSSR count). The van der Waals surface area contributed by atoms with E-state index in [-0.39, 0.29) is 5.63 Å². The number of hydrogen-bond acceptors (Lipinski definition) is 4. The lowest BCUT2D eigenvalue weighted by Crippen LogP contribution is -2.10. The number of rotatable bonds is 3. The van der Waals surface area contributed by atoms with Crippen molar-refractivity contribution in [2.45, 2.75) is 27.3 Å². The molecular formula is C16H15NO4. The van der Waals surface area contributed by atoms with E-state index < -0.39 is 0 Å². The molecule has 2 aromatic heterocycles. The first-order chi connectivity index (χ1) is 10.0. The molecule has 0 atom stereocenters. The third kappa shape index (κ3) is 2.01. The number of furan rings is 1. The van der Waals surface area contributed by atoms with Gasteiger partial charge in [0.25, 0.3) is 0 Å². The lowest BCUT2D eigenvalue weighted by atomic mass is 10.0. The Morgan fingerprint density at radius 1 is 1.10 bits per heavy atom. The fourth-order valence-corrected chi connectivity index (χ4v) is 2.72. The third-order valence-electron chi connectivity index (χ3n) is 3.79. The van der Waals surface area contributed by atoms with Crippen molar-refractivity contribution >= 4 is 28.3 Å². The molecule has 1 aromatic carbocycles. The van der Waals surface area contributed by atoms with Crippen molar-refractivity contribution in [1.82, 2.24) is 5.32 Å². The first kappa shape index (κ1) is 13.4. The van der Waals surface area contributed by atoms with Crippen molar-refractivity contribution in [2.24, 2.45) is 0 Å². The first-order valence-corrected chi connectivity index (χ1v) is 6.66. The Balaban J connectivity index is 2.42. The predicted octanol–water partition coefficient (Wildman–Crippen LogP) is 2.71. The van der Waals surface area contributed by atoms with E-state index in [1.54, 1.807) is 0 Å². The number of carbonyl (C=O) groups is 1. The van der Waals surface area contributed by atoms with Gasteiger partial charge in [-0.1, -0.05) is 0 Å². The van der Waals surface area contributed by atoms with Gasteiger partial charge in [-0.25, -0.2) is 4.79 Å². The summed E-state index contributed by atoms with van der Waals surface area (Å²) in [6.45, 7) is 6.01. The molecule has 0 spiro atoms. The average Bonchev–Trinajstić information content (AvgIpc) is 2.75. The van der Waals surface area contributed by atoms with Gasteiger partial charge in [-0.2, -0.15) is 0 Å². The average molecular weight is 285 g/mol. The Bertz CT molecular complexity index is 918. The van der Waals surface area contributed by atoms with Gasteiger partial charge >= 0.3 is 5.63 Å². The Morgan fingerprint density at radius 3 is 2.52 bits per heavy atom. The Labute approximate surface area is 120 Å². The van der Waals surface area contributed by atoms with Crippen molar-refractivity contribution < 1.29 is 13.6 Å². The van der Waals surface area contributed by atoms with Crippen LogP contribution < -0.4 is 10.9 Å². The van der Waals surface area contributed by atoms with Crippen molar-refractivity contribution in [2.75, 3.05) is 0 Å². The number of nitrogens with one attached hydrogen (secondary N) is 1. The van der Waals surface area contributed by atoms with Crippen molar-refractivity contribution in [3.05, 3.63) is 45.0 Å². The number of fused-ring (bicyclic) bond motifs is 2. The third-order valence-corrected chi connectivity index (χ3v) is 3.79. The van der Waals surface area contributed by atoms with Crippen LogP contribution in [0.5, 0.6) is 0 Å². The Morgan fingerprint density at radius 2 is 1.81 bits per heavy atom. The van der Waals surface area contributed by atoms with Crippen LogP contribution in [-0.4, -0.2) is 6.41 Å². The van der Waals surface area contributed by atoms with Gasteiger partial charge in [-0.15, -0.1) is 0 Å². The molecule has 0 saturated heterocycles. The molecule has 0 aliphatic heterocycles. The maximum atomic E-state index is 11.6. The van der Waals surface area contributed by atoms with Crippen LogP contribution in [0.2, 0.25) is 0 Å². The monoisotopic (exact) mass is 285 g/mol. The van der Waals surface area contributed by atoms with Gasteiger partial charge in [0, 0.05) is 34.5 Å². The van der Waals surface area contributed by atoms with Crippen LogP contribution in [0, 0.1) is 20.8 Å². The largest absolute Gasteiger partial charge is 0.461 e. The van der Waals surface area contributed by atoms with Crippen LogP contribution in [0.25, 0.3) is 21.9 Å². The summed E-state index contributed by atoms with van der Waals surface area (Å²) in [4.78, 5) is 22.1. The highest BCUT2D eigenvalue weighted by atomic mass is 16.4. The molecule has 1 N–H and O–H groups in total. The summed E-state index contributed by atoms with van der Waals surface area (Å²) in [5.74, 6) is 0.748. The number of aryl methyl sites for hydroxylation is 3. The minimum atomic E-state index is -0.367. The molecule has 0 radical (unpaired) electrons. The molecule has 0 aliphatic rings. The molecule has 3 aromatic rings. The standard InChI is InChI=1S/C16H15NO4/c1-8-4-14(19)21-15-9(2)16-12(5-11(8)15)13(6-17-7-18)10(3)20-16/h4-5,7H,6H2,1-3H3,(H,17,18). The second-order valence-corrected chi connectivity index (χ2v) is 5.14. The van der Waals surface area contributed by atoms with Gasteiger partial charge in [-0.3, -0.25) is 4.79 Å². The van der Waals surface area contributed by atoms with E-state index >= 15 is 0 Å². The zero-order chi connectivity index (χ0) is 15.1. The van der Waals surface area contributed by atoms with Crippen LogP contribution in [0.1, 0.15) is 22.5 Å². The maximum Gasteiger partial charge on any atom is 0.336 e. The summed E-state index contributed by atoms with van der Waals surface area (Å²) >= 11 is 0. The molecular weight excluding hydrogens is 270 g/mol. The summed E-state index contributed by atoms with van der Waals surface area (Å²) in [5.41, 5.74) is 3.47. The molecule has 21 heavy (non-hydrogen) atoms. The van der Waals surface area contributed by atoms with Gasteiger partial charge in [0.1, 0.15) is 16.9 Å². The predicted molar refractivity (Wildman–Crippen MR) is 79.4 cm³/mol. The van der Waals surface area contributed by atoms with Gasteiger partial charge in [0.15, 0.2) is 0 Å². The summed E-state index contributed by atoms with van der Waals surface area (Å²) in [6.07, 6.45) is 0.663. The molecule has 108 valence electrons. The molecule has 2 heterocycles.